The lowest BCUT2D eigenvalue weighted by Crippen LogP contribution is -2.14. The van der Waals surface area contributed by atoms with Gasteiger partial charge in [0.15, 0.2) is 7.14 Å². The van der Waals surface area contributed by atoms with Crippen molar-refractivity contribution in [1.29, 1.82) is 0 Å². The fourth-order valence-corrected chi connectivity index (χ4v) is 1.64. The Labute approximate surface area is 53.1 Å². The molecule has 1 aliphatic heterocycles. The zero-order valence-corrected chi connectivity index (χ0v) is 5.84. The molecular formula is C4H9O4P. The lowest BCUT2D eigenvalue weighted by Gasteiger charge is -2.20. The summed E-state index contributed by atoms with van der Waals surface area (Å²) in [6.45, 7) is 0.198. The minimum atomic E-state index is -2.48. The van der Waals surface area contributed by atoms with Crippen LogP contribution in [0.5, 0.6) is 0 Å². The molecular weight excluding hydrogens is 143 g/mol. The number of aliphatic hydroxyl groups is 1. The van der Waals surface area contributed by atoms with E-state index in [1.807, 2.05) is 0 Å². The van der Waals surface area contributed by atoms with Crippen LogP contribution < -0.4 is 0 Å². The van der Waals surface area contributed by atoms with E-state index in [4.69, 9.17) is 14.6 Å². The summed E-state index contributed by atoms with van der Waals surface area (Å²) in [6, 6.07) is 0. The van der Waals surface area contributed by atoms with E-state index in [1.165, 1.54) is 0 Å². The number of hydrogen-bond acceptors (Lipinski definition) is 4. The maximum atomic E-state index is 11.1. The van der Waals surface area contributed by atoms with Gasteiger partial charge in [0, 0.05) is 0 Å². The minimum absolute atomic E-state index is 0.156. The van der Waals surface area contributed by atoms with Gasteiger partial charge in [0.2, 0.25) is 0 Å². The van der Waals surface area contributed by atoms with Gasteiger partial charge in [-0.3, -0.25) is 0 Å². The third kappa shape index (κ3) is 1.76. The van der Waals surface area contributed by atoms with E-state index in [1.54, 1.807) is 0 Å². The Morgan fingerprint density at radius 1 is 1.44 bits per heavy atom. The molecule has 0 spiro atoms. The molecule has 9 heavy (non-hydrogen) atoms. The molecule has 1 saturated heterocycles. The second kappa shape index (κ2) is 2.80. The molecule has 1 heterocycles. The highest BCUT2D eigenvalue weighted by atomic mass is 31.2. The van der Waals surface area contributed by atoms with Crippen molar-refractivity contribution in [1.82, 2.24) is 0 Å². The first kappa shape index (κ1) is 7.22. The van der Waals surface area contributed by atoms with Crippen LogP contribution in [0.1, 0.15) is 0 Å². The molecule has 0 radical (unpaired) electrons. The Kier molecular flexibility index (Phi) is 2.24. The van der Waals surface area contributed by atoms with Crippen molar-refractivity contribution in [3.8, 4) is 0 Å². The number of ether oxygens (including phenoxy) is 2. The van der Waals surface area contributed by atoms with E-state index in [0.717, 1.165) is 0 Å². The summed E-state index contributed by atoms with van der Waals surface area (Å²) >= 11 is 0. The van der Waals surface area contributed by atoms with Gasteiger partial charge in [-0.05, 0) is 0 Å². The summed E-state index contributed by atoms with van der Waals surface area (Å²) < 4.78 is 20.6. The van der Waals surface area contributed by atoms with E-state index in [0.29, 0.717) is 0 Å². The number of rotatable bonds is 1. The molecule has 1 rings (SSSR count). The van der Waals surface area contributed by atoms with E-state index in [-0.39, 0.29) is 25.8 Å². The van der Waals surface area contributed by atoms with Crippen LogP contribution in [0, 0.1) is 0 Å². The second-order valence-electron chi connectivity index (χ2n) is 1.98. The standard InChI is InChI=1S/C4H9O4P/c5-1-9(6)3-7-2-8-4-9/h5H,1-4H2. The van der Waals surface area contributed by atoms with Gasteiger partial charge in [-0.25, -0.2) is 0 Å². The van der Waals surface area contributed by atoms with Crippen molar-refractivity contribution in [2.24, 2.45) is 0 Å². The van der Waals surface area contributed by atoms with Crippen LogP contribution in [0.2, 0.25) is 0 Å². The fraction of sp³-hybridized carbons (Fsp3) is 1.00. The lowest BCUT2D eigenvalue weighted by molar-refractivity contribution is -0.0399. The quantitative estimate of drug-likeness (QED) is 0.546. The fourth-order valence-electron chi connectivity index (χ4n) is 0.585. The maximum absolute atomic E-state index is 11.1. The molecule has 1 aliphatic rings. The molecule has 0 aromatic rings. The molecule has 0 amide bonds. The Hall–Kier alpha value is 0.110. The van der Waals surface area contributed by atoms with Crippen LogP contribution in [-0.2, 0) is 14.0 Å². The van der Waals surface area contributed by atoms with Crippen LogP contribution in [0.15, 0.2) is 0 Å². The summed E-state index contributed by atoms with van der Waals surface area (Å²) in [6.07, 6.45) is 0. The van der Waals surface area contributed by atoms with E-state index in [2.05, 4.69) is 0 Å². The van der Waals surface area contributed by atoms with Gasteiger partial charge in [0.1, 0.15) is 25.8 Å². The Morgan fingerprint density at radius 2 is 2.00 bits per heavy atom. The van der Waals surface area contributed by atoms with Gasteiger partial charge < -0.3 is 19.1 Å². The summed E-state index contributed by atoms with van der Waals surface area (Å²) in [7, 11) is -2.48. The van der Waals surface area contributed by atoms with Crippen LogP contribution in [0.25, 0.3) is 0 Å². The summed E-state index contributed by atoms with van der Waals surface area (Å²) in [5.74, 6) is 0. The average molecular weight is 152 g/mol. The summed E-state index contributed by atoms with van der Waals surface area (Å²) in [4.78, 5) is 0. The van der Waals surface area contributed by atoms with Crippen molar-refractivity contribution >= 4 is 7.14 Å². The van der Waals surface area contributed by atoms with Gasteiger partial charge in [-0.15, -0.1) is 0 Å². The second-order valence-corrected chi connectivity index (χ2v) is 4.90. The first-order valence-corrected chi connectivity index (χ1v) is 4.86. The third-order valence-electron chi connectivity index (χ3n) is 1.08. The largest absolute Gasteiger partial charge is 0.388 e. The molecule has 5 heteroatoms. The average Bonchev–Trinajstić information content (AvgIpc) is 1.90. The monoisotopic (exact) mass is 152 g/mol. The Balaban J connectivity index is 2.47. The van der Waals surface area contributed by atoms with Crippen LogP contribution in [-0.4, -0.2) is 30.9 Å². The predicted octanol–water partition coefficient (Wildman–Crippen LogP) is 0.219. The van der Waals surface area contributed by atoms with Crippen LogP contribution in [0.3, 0.4) is 0 Å². The van der Waals surface area contributed by atoms with Crippen molar-refractivity contribution in [3.05, 3.63) is 0 Å². The Bertz CT molecular complexity index is 125. The molecule has 0 saturated carbocycles. The van der Waals surface area contributed by atoms with Crippen molar-refractivity contribution in [3.63, 3.8) is 0 Å². The zero-order chi connectivity index (χ0) is 6.74. The molecule has 0 atom stereocenters. The van der Waals surface area contributed by atoms with Gasteiger partial charge >= 0.3 is 0 Å². The zero-order valence-electron chi connectivity index (χ0n) is 4.95. The lowest BCUT2D eigenvalue weighted by atomic mass is 11.3. The normalized spacial score (nSPS) is 25.9. The molecule has 0 bridgehead atoms. The molecule has 0 aromatic carbocycles. The highest BCUT2D eigenvalue weighted by Crippen LogP contribution is 2.45. The van der Waals surface area contributed by atoms with E-state index >= 15 is 0 Å². The van der Waals surface area contributed by atoms with Crippen molar-refractivity contribution < 1.29 is 19.1 Å². The first-order chi connectivity index (χ1) is 4.27. The van der Waals surface area contributed by atoms with Gasteiger partial charge in [-0.1, -0.05) is 0 Å². The van der Waals surface area contributed by atoms with Crippen LogP contribution in [0.4, 0.5) is 0 Å². The van der Waals surface area contributed by atoms with E-state index in [9.17, 15) is 4.57 Å². The molecule has 1 N–H and O–H groups in total. The summed E-state index contributed by atoms with van der Waals surface area (Å²) in [5, 5.41) is 8.53. The molecule has 4 nitrogen and oxygen atoms in total. The predicted molar refractivity (Wildman–Crippen MR) is 31.5 cm³/mol. The number of hydrogen-bond donors (Lipinski definition) is 1. The molecule has 0 aromatic heterocycles. The Morgan fingerprint density at radius 3 is 2.33 bits per heavy atom. The highest BCUT2D eigenvalue weighted by Gasteiger charge is 2.24. The molecule has 1 fully saturated rings. The highest BCUT2D eigenvalue weighted by molar-refractivity contribution is 7.63. The van der Waals surface area contributed by atoms with E-state index < -0.39 is 7.14 Å². The summed E-state index contributed by atoms with van der Waals surface area (Å²) in [5.41, 5.74) is 0. The van der Waals surface area contributed by atoms with Gasteiger partial charge in [0.25, 0.3) is 0 Å². The van der Waals surface area contributed by atoms with Crippen molar-refractivity contribution in [2.75, 3.05) is 25.8 Å². The minimum Gasteiger partial charge on any atom is -0.388 e. The smallest absolute Gasteiger partial charge is 0.160 e. The number of aliphatic hydroxyl groups excluding tert-OH is 1. The molecule has 0 unspecified atom stereocenters. The van der Waals surface area contributed by atoms with Crippen molar-refractivity contribution in [2.45, 2.75) is 0 Å². The maximum Gasteiger partial charge on any atom is 0.160 e. The van der Waals surface area contributed by atoms with Gasteiger partial charge in [-0.2, -0.15) is 0 Å². The van der Waals surface area contributed by atoms with Gasteiger partial charge in [0.05, 0.1) is 0 Å². The molecule has 54 valence electrons. The third-order valence-corrected chi connectivity index (χ3v) is 2.90. The SMILES string of the molecule is O=P1(CO)COCOC1. The topological polar surface area (TPSA) is 55.8 Å². The van der Waals surface area contributed by atoms with Crippen LogP contribution >= 0.6 is 7.14 Å². The first-order valence-electron chi connectivity index (χ1n) is 2.60. The molecule has 0 aliphatic carbocycles.